The molecule has 3 amide bonds. The maximum atomic E-state index is 12.2. The topological polar surface area (TPSA) is 69.7 Å². The van der Waals surface area contributed by atoms with Crippen LogP contribution in [-0.2, 0) is 14.4 Å². The molecule has 1 aliphatic rings. The number of carbonyl (C=O) groups excluding carboxylic acids is 3. The number of aryl methyl sites for hydroxylation is 1. The van der Waals surface area contributed by atoms with E-state index < -0.39 is 0 Å². The largest absolute Gasteiger partial charge is 0.339 e. The molecule has 0 spiro atoms. The van der Waals surface area contributed by atoms with Gasteiger partial charge in [0.15, 0.2) is 0 Å². The summed E-state index contributed by atoms with van der Waals surface area (Å²) in [6.45, 7) is 5.69. The van der Waals surface area contributed by atoms with Crippen molar-refractivity contribution in [1.82, 2.24) is 9.80 Å². The first-order valence-corrected chi connectivity index (χ1v) is 8.75. The van der Waals surface area contributed by atoms with Crippen molar-refractivity contribution in [3.63, 3.8) is 0 Å². The molecule has 130 valence electrons. The molecule has 1 heterocycles. The number of nitrogens with one attached hydrogen (secondary N) is 1. The zero-order valence-electron chi connectivity index (χ0n) is 14.0. The summed E-state index contributed by atoms with van der Waals surface area (Å²) in [7, 11) is 0. The van der Waals surface area contributed by atoms with Crippen molar-refractivity contribution in [2.75, 3.05) is 31.5 Å². The molecule has 0 radical (unpaired) electrons. The van der Waals surface area contributed by atoms with Gasteiger partial charge in [0.2, 0.25) is 17.7 Å². The molecule has 1 saturated heterocycles. The van der Waals surface area contributed by atoms with Crippen molar-refractivity contribution in [2.24, 2.45) is 0 Å². The van der Waals surface area contributed by atoms with Crippen LogP contribution in [0.1, 0.15) is 25.3 Å². The van der Waals surface area contributed by atoms with Crippen molar-refractivity contribution in [3.05, 3.63) is 28.2 Å². The number of halogens is 1. The highest BCUT2D eigenvalue weighted by Gasteiger charge is 2.22. The normalized spacial score (nSPS) is 14.5. The summed E-state index contributed by atoms with van der Waals surface area (Å²) >= 11 is 3.41. The molecule has 0 bridgehead atoms. The van der Waals surface area contributed by atoms with Crippen molar-refractivity contribution in [1.29, 1.82) is 0 Å². The molecule has 2 rings (SSSR count). The zero-order chi connectivity index (χ0) is 17.7. The monoisotopic (exact) mass is 395 g/mol. The Morgan fingerprint density at radius 3 is 2.29 bits per heavy atom. The minimum atomic E-state index is -0.185. The Hall–Kier alpha value is -1.89. The smallest absolute Gasteiger partial charge is 0.224 e. The fourth-order valence-corrected chi connectivity index (χ4v) is 3.18. The molecule has 1 aliphatic heterocycles. The third-order valence-corrected chi connectivity index (χ3v) is 4.70. The molecular weight excluding hydrogens is 374 g/mol. The summed E-state index contributed by atoms with van der Waals surface area (Å²) < 4.78 is 0.822. The molecule has 0 aliphatic carbocycles. The van der Waals surface area contributed by atoms with Gasteiger partial charge in [0, 0.05) is 50.4 Å². The van der Waals surface area contributed by atoms with Crippen LogP contribution in [0.5, 0.6) is 0 Å². The van der Waals surface area contributed by atoms with Crippen LogP contribution in [0.3, 0.4) is 0 Å². The SMILES string of the molecule is CC(=O)N1CCN(C(=O)CCC(=O)Nc2ccc(C)cc2Br)CC1. The Bertz CT molecular complexity index is 640. The minimum absolute atomic E-state index is 0.0325. The van der Waals surface area contributed by atoms with E-state index in [4.69, 9.17) is 0 Å². The molecule has 1 fully saturated rings. The lowest BCUT2D eigenvalue weighted by atomic mass is 10.2. The van der Waals surface area contributed by atoms with Gasteiger partial charge in [-0.25, -0.2) is 0 Å². The highest BCUT2D eigenvalue weighted by molar-refractivity contribution is 9.10. The molecule has 24 heavy (non-hydrogen) atoms. The first kappa shape index (κ1) is 18.4. The predicted octanol–water partition coefficient (Wildman–Crippen LogP) is 2.17. The van der Waals surface area contributed by atoms with Gasteiger partial charge < -0.3 is 15.1 Å². The average Bonchev–Trinajstić information content (AvgIpc) is 2.55. The summed E-state index contributed by atoms with van der Waals surface area (Å²) in [5.74, 6) is -0.197. The fourth-order valence-electron chi connectivity index (χ4n) is 2.58. The number of anilines is 1. The van der Waals surface area contributed by atoms with Crippen LogP contribution in [-0.4, -0.2) is 53.7 Å². The second-order valence-corrected chi connectivity index (χ2v) is 6.77. The summed E-state index contributed by atoms with van der Waals surface area (Å²) in [6.07, 6.45) is 0.321. The van der Waals surface area contributed by atoms with Gasteiger partial charge in [-0.05, 0) is 40.5 Å². The second kappa shape index (κ2) is 8.28. The standard InChI is InChI=1S/C17H22BrN3O3/c1-12-3-4-15(14(18)11-12)19-16(23)5-6-17(24)21-9-7-20(8-10-21)13(2)22/h3-4,11H,5-10H2,1-2H3,(H,19,23). The summed E-state index contributed by atoms with van der Waals surface area (Å²) in [4.78, 5) is 38.9. The van der Waals surface area contributed by atoms with E-state index in [0.29, 0.717) is 31.9 Å². The van der Waals surface area contributed by atoms with E-state index in [1.807, 2.05) is 25.1 Å². The number of hydrogen-bond acceptors (Lipinski definition) is 3. The van der Waals surface area contributed by atoms with E-state index in [1.54, 1.807) is 9.80 Å². The number of carbonyl (C=O) groups is 3. The Morgan fingerprint density at radius 2 is 1.71 bits per heavy atom. The lowest BCUT2D eigenvalue weighted by Gasteiger charge is -2.34. The van der Waals surface area contributed by atoms with Crippen LogP contribution >= 0.6 is 15.9 Å². The Balaban J connectivity index is 1.77. The highest BCUT2D eigenvalue weighted by Crippen LogP contribution is 2.23. The third-order valence-electron chi connectivity index (χ3n) is 4.04. The van der Waals surface area contributed by atoms with E-state index in [2.05, 4.69) is 21.2 Å². The van der Waals surface area contributed by atoms with E-state index in [9.17, 15) is 14.4 Å². The quantitative estimate of drug-likeness (QED) is 0.848. The fraction of sp³-hybridized carbons (Fsp3) is 0.471. The molecule has 7 heteroatoms. The van der Waals surface area contributed by atoms with Crippen LogP contribution in [0.4, 0.5) is 5.69 Å². The Labute approximate surface area is 150 Å². The highest BCUT2D eigenvalue weighted by atomic mass is 79.9. The van der Waals surface area contributed by atoms with Gasteiger partial charge in [0.1, 0.15) is 0 Å². The maximum absolute atomic E-state index is 12.2. The molecule has 0 saturated carbocycles. The van der Waals surface area contributed by atoms with Crippen LogP contribution in [0, 0.1) is 6.92 Å². The number of amides is 3. The van der Waals surface area contributed by atoms with Gasteiger partial charge in [0.25, 0.3) is 0 Å². The van der Waals surface area contributed by atoms with Crippen molar-refractivity contribution < 1.29 is 14.4 Å². The molecule has 0 atom stereocenters. The first-order chi connectivity index (χ1) is 11.4. The van der Waals surface area contributed by atoms with Gasteiger partial charge in [-0.2, -0.15) is 0 Å². The van der Waals surface area contributed by atoms with E-state index in [0.717, 1.165) is 10.0 Å². The van der Waals surface area contributed by atoms with Crippen molar-refractivity contribution in [3.8, 4) is 0 Å². The lowest BCUT2D eigenvalue weighted by Crippen LogP contribution is -2.50. The zero-order valence-corrected chi connectivity index (χ0v) is 15.6. The van der Waals surface area contributed by atoms with Gasteiger partial charge in [-0.1, -0.05) is 6.07 Å². The molecule has 1 aromatic rings. The lowest BCUT2D eigenvalue weighted by molar-refractivity contribution is -0.138. The number of rotatable bonds is 4. The maximum Gasteiger partial charge on any atom is 0.224 e. The van der Waals surface area contributed by atoms with Crippen LogP contribution in [0.15, 0.2) is 22.7 Å². The van der Waals surface area contributed by atoms with Crippen molar-refractivity contribution >= 4 is 39.3 Å². The first-order valence-electron chi connectivity index (χ1n) is 7.96. The Kier molecular flexibility index (Phi) is 6.36. The van der Waals surface area contributed by atoms with Gasteiger partial charge >= 0.3 is 0 Å². The molecule has 1 aromatic carbocycles. The van der Waals surface area contributed by atoms with E-state index >= 15 is 0 Å². The molecular formula is C17H22BrN3O3. The number of hydrogen-bond donors (Lipinski definition) is 1. The Morgan fingerprint density at radius 1 is 1.08 bits per heavy atom. The predicted molar refractivity (Wildman–Crippen MR) is 95.6 cm³/mol. The number of piperazine rings is 1. The van der Waals surface area contributed by atoms with Gasteiger partial charge in [0.05, 0.1) is 5.69 Å². The molecule has 1 N–H and O–H groups in total. The van der Waals surface area contributed by atoms with Crippen LogP contribution in [0.25, 0.3) is 0 Å². The summed E-state index contributed by atoms with van der Waals surface area (Å²) in [6, 6.07) is 5.68. The third kappa shape index (κ3) is 5.06. The van der Waals surface area contributed by atoms with Crippen LogP contribution < -0.4 is 5.32 Å². The van der Waals surface area contributed by atoms with E-state index in [1.165, 1.54) is 6.92 Å². The summed E-state index contributed by atoms with van der Waals surface area (Å²) in [5.41, 5.74) is 1.80. The van der Waals surface area contributed by atoms with Gasteiger partial charge in [-0.3, -0.25) is 14.4 Å². The van der Waals surface area contributed by atoms with Crippen molar-refractivity contribution in [2.45, 2.75) is 26.7 Å². The second-order valence-electron chi connectivity index (χ2n) is 5.92. The van der Waals surface area contributed by atoms with Gasteiger partial charge in [-0.15, -0.1) is 0 Å². The molecule has 0 aromatic heterocycles. The molecule has 6 nitrogen and oxygen atoms in total. The molecule has 0 unspecified atom stereocenters. The van der Waals surface area contributed by atoms with E-state index in [-0.39, 0.29) is 30.6 Å². The minimum Gasteiger partial charge on any atom is -0.339 e. The van der Waals surface area contributed by atoms with Crippen LogP contribution in [0.2, 0.25) is 0 Å². The number of benzene rings is 1. The average molecular weight is 396 g/mol. The summed E-state index contributed by atoms with van der Waals surface area (Å²) in [5, 5.41) is 2.81. The number of nitrogens with zero attached hydrogens (tertiary/aromatic N) is 2.